The van der Waals surface area contributed by atoms with Crippen LogP contribution in [0.15, 0.2) is 30.3 Å². The molecule has 1 aromatic rings. The van der Waals surface area contributed by atoms with E-state index in [1.54, 1.807) is 0 Å². The molecule has 0 fully saturated rings. The highest BCUT2D eigenvalue weighted by molar-refractivity contribution is 5.78. The van der Waals surface area contributed by atoms with Crippen LogP contribution in [-0.2, 0) is 16.0 Å². The third kappa shape index (κ3) is 2.96. The number of esters is 1. The lowest BCUT2D eigenvalue weighted by Crippen LogP contribution is -2.29. The Morgan fingerprint density at radius 3 is 2.71 bits per heavy atom. The van der Waals surface area contributed by atoms with Gasteiger partial charge in [-0.25, -0.2) is 0 Å². The maximum atomic E-state index is 12.0. The fourth-order valence-corrected chi connectivity index (χ4v) is 1.95. The predicted octanol–water partition coefficient (Wildman–Crippen LogP) is 3.21. The fraction of sp³-hybridized carbons (Fsp3) is 0.400. The summed E-state index contributed by atoms with van der Waals surface area (Å²) in [6.07, 6.45) is 4.69. The minimum Gasteiger partial charge on any atom is -0.460 e. The van der Waals surface area contributed by atoms with E-state index in [1.807, 2.05) is 45.1 Å². The van der Waals surface area contributed by atoms with Crippen molar-refractivity contribution in [2.45, 2.75) is 32.8 Å². The Balaban J connectivity index is 2.11. The minimum atomic E-state index is -0.415. The van der Waals surface area contributed by atoms with Crippen LogP contribution in [0.4, 0.5) is 0 Å². The summed E-state index contributed by atoms with van der Waals surface area (Å²) in [5, 5.41) is 0. The second-order valence-corrected chi connectivity index (χ2v) is 5.40. The molecule has 0 saturated carbocycles. The smallest absolute Gasteiger partial charge is 0.313 e. The lowest BCUT2D eigenvalue weighted by molar-refractivity contribution is -0.158. The molecule has 1 atom stereocenters. The highest BCUT2D eigenvalue weighted by Gasteiger charge is 2.25. The van der Waals surface area contributed by atoms with Crippen LogP contribution >= 0.6 is 0 Å². The largest absolute Gasteiger partial charge is 0.460 e. The maximum Gasteiger partial charge on any atom is 0.313 e. The highest BCUT2D eigenvalue weighted by atomic mass is 16.6. The van der Waals surface area contributed by atoms with Crippen molar-refractivity contribution in [1.29, 1.82) is 0 Å². The molecule has 2 rings (SSSR count). The van der Waals surface area contributed by atoms with Crippen molar-refractivity contribution in [3.8, 4) is 0 Å². The van der Waals surface area contributed by atoms with Crippen LogP contribution in [0.25, 0.3) is 6.08 Å². The molecule has 0 amide bonds. The summed E-state index contributed by atoms with van der Waals surface area (Å²) in [6, 6.07) is 8.15. The van der Waals surface area contributed by atoms with Crippen molar-refractivity contribution in [3.63, 3.8) is 0 Å². The Labute approximate surface area is 102 Å². The summed E-state index contributed by atoms with van der Waals surface area (Å²) in [5.74, 6) is -0.285. The van der Waals surface area contributed by atoms with Crippen LogP contribution < -0.4 is 0 Å². The number of fused-ring (bicyclic) bond motifs is 1. The van der Waals surface area contributed by atoms with Crippen LogP contribution in [0.1, 0.15) is 31.9 Å². The van der Waals surface area contributed by atoms with Gasteiger partial charge in [-0.2, -0.15) is 0 Å². The third-order valence-corrected chi connectivity index (χ3v) is 2.71. The molecule has 0 aromatic heterocycles. The molecule has 1 unspecified atom stereocenters. The van der Waals surface area contributed by atoms with Crippen molar-refractivity contribution < 1.29 is 9.53 Å². The molecular weight excluding hydrogens is 212 g/mol. The van der Waals surface area contributed by atoms with E-state index in [2.05, 4.69) is 12.1 Å². The topological polar surface area (TPSA) is 26.3 Å². The van der Waals surface area contributed by atoms with Gasteiger partial charge in [0.2, 0.25) is 0 Å². The Morgan fingerprint density at radius 2 is 2.00 bits per heavy atom. The zero-order valence-corrected chi connectivity index (χ0v) is 10.6. The van der Waals surface area contributed by atoms with Gasteiger partial charge in [0.25, 0.3) is 0 Å². The molecule has 0 radical (unpaired) electrons. The zero-order chi connectivity index (χ0) is 12.5. The van der Waals surface area contributed by atoms with E-state index in [1.165, 1.54) is 11.1 Å². The zero-order valence-electron chi connectivity index (χ0n) is 10.6. The van der Waals surface area contributed by atoms with Crippen LogP contribution in [0.5, 0.6) is 0 Å². The van der Waals surface area contributed by atoms with Gasteiger partial charge < -0.3 is 4.74 Å². The fourth-order valence-electron chi connectivity index (χ4n) is 1.95. The standard InChI is InChI=1S/C15H18O2/c1-15(2,3)17-14(16)13-9-8-11-6-4-5-7-12(11)10-13/h4-9,13H,10H2,1-3H3. The minimum absolute atomic E-state index is 0.136. The molecule has 2 heteroatoms. The van der Waals surface area contributed by atoms with Gasteiger partial charge in [-0.15, -0.1) is 0 Å². The first-order valence-electron chi connectivity index (χ1n) is 5.95. The van der Waals surface area contributed by atoms with E-state index in [0.29, 0.717) is 0 Å². The maximum absolute atomic E-state index is 12.0. The van der Waals surface area contributed by atoms with Crippen molar-refractivity contribution in [2.75, 3.05) is 0 Å². The van der Waals surface area contributed by atoms with Crippen LogP contribution in [-0.4, -0.2) is 11.6 Å². The summed E-state index contributed by atoms with van der Waals surface area (Å²) in [4.78, 5) is 12.0. The highest BCUT2D eigenvalue weighted by Crippen LogP contribution is 2.24. The summed E-state index contributed by atoms with van der Waals surface area (Å²) in [7, 11) is 0. The Hall–Kier alpha value is -1.57. The van der Waals surface area contributed by atoms with Crippen LogP contribution in [0.3, 0.4) is 0 Å². The van der Waals surface area contributed by atoms with Gasteiger partial charge in [0.15, 0.2) is 0 Å². The molecule has 90 valence electrons. The quantitative estimate of drug-likeness (QED) is 0.692. The number of ether oxygens (including phenoxy) is 1. The lowest BCUT2D eigenvalue weighted by Gasteiger charge is -2.24. The summed E-state index contributed by atoms with van der Waals surface area (Å²) in [5.41, 5.74) is 2.00. The second kappa shape index (κ2) is 4.36. The molecule has 0 spiro atoms. The van der Waals surface area contributed by atoms with E-state index in [0.717, 1.165) is 6.42 Å². The van der Waals surface area contributed by atoms with Gasteiger partial charge in [-0.3, -0.25) is 4.79 Å². The average molecular weight is 230 g/mol. The Morgan fingerprint density at radius 1 is 1.29 bits per heavy atom. The molecule has 0 bridgehead atoms. The second-order valence-electron chi connectivity index (χ2n) is 5.40. The van der Waals surface area contributed by atoms with E-state index in [9.17, 15) is 4.79 Å². The van der Waals surface area contributed by atoms with Crippen molar-refractivity contribution in [3.05, 3.63) is 41.5 Å². The normalized spacial score (nSPS) is 18.6. The number of rotatable bonds is 1. The van der Waals surface area contributed by atoms with E-state index in [-0.39, 0.29) is 11.9 Å². The van der Waals surface area contributed by atoms with Gasteiger partial charge in [0.05, 0.1) is 5.92 Å². The molecule has 1 aromatic carbocycles. The number of hydrogen-bond acceptors (Lipinski definition) is 2. The summed E-state index contributed by atoms with van der Waals surface area (Å²) < 4.78 is 5.40. The molecule has 0 saturated heterocycles. The van der Waals surface area contributed by atoms with Crippen molar-refractivity contribution in [2.24, 2.45) is 5.92 Å². The number of carbonyl (C=O) groups is 1. The molecule has 1 aliphatic rings. The van der Waals surface area contributed by atoms with Crippen LogP contribution in [0, 0.1) is 5.92 Å². The molecular formula is C15H18O2. The summed E-state index contributed by atoms with van der Waals surface area (Å²) in [6.45, 7) is 5.68. The Bertz CT molecular complexity index is 452. The predicted molar refractivity (Wildman–Crippen MR) is 68.5 cm³/mol. The first-order valence-corrected chi connectivity index (χ1v) is 5.95. The first-order chi connectivity index (χ1) is 7.96. The number of hydrogen-bond donors (Lipinski definition) is 0. The van der Waals surface area contributed by atoms with Crippen molar-refractivity contribution in [1.82, 2.24) is 0 Å². The third-order valence-electron chi connectivity index (χ3n) is 2.71. The first kappa shape index (κ1) is 11.9. The molecule has 0 N–H and O–H groups in total. The van der Waals surface area contributed by atoms with Crippen molar-refractivity contribution >= 4 is 12.0 Å². The van der Waals surface area contributed by atoms with Gasteiger partial charge in [0.1, 0.15) is 5.60 Å². The Kier molecular flexibility index (Phi) is 3.05. The number of carbonyl (C=O) groups excluding carboxylic acids is 1. The lowest BCUT2D eigenvalue weighted by atomic mass is 9.89. The SMILES string of the molecule is CC(C)(C)OC(=O)C1C=Cc2ccccc2C1. The van der Waals surface area contributed by atoms with E-state index in [4.69, 9.17) is 4.74 Å². The van der Waals surface area contributed by atoms with Gasteiger partial charge >= 0.3 is 5.97 Å². The van der Waals surface area contributed by atoms with E-state index < -0.39 is 5.60 Å². The molecule has 1 aliphatic carbocycles. The average Bonchev–Trinajstić information content (AvgIpc) is 2.26. The molecule has 0 heterocycles. The van der Waals surface area contributed by atoms with Gasteiger partial charge in [0, 0.05) is 0 Å². The monoisotopic (exact) mass is 230 g/mol. The molecule has 2 nitrogen and oxygen atoms in total. The molecule has 0 aliphatic heterocycles. The van der Waals surface area contributed by atoms with Crippen LogP contribution in [0.2, 0.25) is 0 Å². The van der Waals surface area contributed by atoms with E-state index >= 15 is 0 Å². The van der Waals surface area contributed by atoms with Gasteiger partial charge in [-0.1, -0.05) is 36.4 Å². The summed E-state index contributed by atoms with van der Waals surface area (Å²) >= 11 is 0. The number of benzene rings is 1. The molecule has 17 heavy (non-hydrogen) atoms. The van der Waals surface area contributed by atoms with Gasteiger partial charge in [-0.05, 0) is 38.3 Å².